The Morgan fingerprint density at radius 2 is 1.96 bits per heavy atom. The third-order valence-electron chi connectivity index (χ3n) is 3.88. The van der Waals surface area contributed by atoms with E-state index in [1.165, 1.54) is 6.26 Å². The van der Waals surface area contributed by atoms with Crippen LogP contribution in [0.15, 0.2) is 53.3 Å². The van der Waals surface area contributed by atoms with Crippen molar-refractivity contribution in [2.75, 3.05) is 13.7 Å². The maximum absolute atomic E-state index is 12.7. The summed E-state index contributed by atoms with van der Waals surface area (Å²) in [5.74, 6) is 0.440. The standard InChI is InChI=1S/C19H16F3N3O3/c1-27-15-4-2-12(3-5-15)18-25-14(11-28-18)7-9-24-17(26)16-10-13(6-8-23-16)19(20,21)22/h2-6,8,10-11H,7,9H2,1H3,(H,24,26). The van der Waals surface area contributed by atoms with Gasteiger partial charge in [-0.25, -0.2) is 4.98 Å². The monoisotopic (exact) mass is 391 g/mol. The third kappa shape index (κ3) is 4.67. The van der Waals surface area contributed by atoms with Gasteiger partial charge in [-0.1, -0.05) is 0 Å². The summed E-state index contributed by atoms with van der Waals surface area (Å²) in [6.07, 6.45) is -1.76. The minimum Gasteiger partial charge on any atom is -0.497 e. The highest BCUT2D eigenvalue weighted by Crippen LogP contribution is 2.29. The van der Waals surface area contributed by atoms with Crippen molar-refractivity contribution in [3.8, 4) is 17.2 Å². The van der Waals surface area contributed by atoms with E-state index in [1.54, 1.807) is 31.4 Å². The third-order valence-corrected chi connectivity index (χ3v) is 3.88. The molecule has 2 aromatic heterocycles. The lowest BCUT2D eigenvalue weighted by Crippen LogP contribution is -2.27. The summed E-state index contributed by atoms with van der Waals surface area (Å²) in [5, 5.41) is 2.52. The number of nitrogens with zero attached hydrogens (tertiary/aromatic N) is 2. The molecule has 0 saturated heterocycles. The number of hydrogen-bond donors (Lipinski definition) is 1. The maximum atomic E-state index is 12.7. The second-order valence-corrected chi connectivity index (χ2v) is 5.81. The molecule has 0 spiro atoms. The molecule has 0 saturated carbocycles. The van der Waals surface area contributed by atoms with Crippen molar-refractivity contribution >= 4 is 5.91 Å². The Labute approximate surface area is 158 Å². The van der Waals surface area contributed by atoms with Gasteiger partial charge in [-0.05, 0) is 36.4 Å². The molecular formula is C19H16F3N3O3. The minimum atomic E-state index is -4.53. The number of carbonyl (C=O) groups is 1. The van der Waals surface area contributed by atoms with Crippen LogP contribution in [0.3, 0.4) is 0 Å². The van der Waals surface area contributed by atoms with Crippen molar-refractivity contribution < 1.29 is 27.1 Å². The average molecular weight is 391 g/mol. The van der Waals surface area contributed by atoms with Crippen molar-refractivity contribution in [2.45, 2.75) is 12.6 Å². The SMILES string of the molecule is COc1ccc(-c2nc(CCNC(=O)c3cc(C(F)(F)F)ccn3)co2)cc1. The lowest BCUT2D eigenvalue weighted by atomic mass is 10.2. The van der Waals surface area contributed by atoms with Gasteiger partial charge in [0.2, 0.25) is 5.89 Å². The number of ether oxygens (including phenoxy) is 1. The largest absolute Gasteiger partial charge is 0.497 e. The molecule has 0 unspecified atom stereocenters. The van der Waals surface area contributed by atoms with Gasteiger partial charge in [-0.2, -0.15) is 13.2 Å². The molecule has 6 nitrogen and oxygen atoms in total. The molecule has 1 aromatic carbocycles. The van der Waals surface area contributed by atoms with E-state index in [4.69, 9.17) is 9.15 Å². The number of pyridine rings is 1. The molecule has 2 heterocycles. The fourth-order valence-corrected chi connectivity index (χ4v) is 2.41. The van der Waals surface area contributed by atoms with Gasteiger partial charge in [0.15, 0.2) is 0 Å². The minimum absolute atomic E-state index is 0.172. The molecule has 3 rings (SSSR count). The predicted octanol–water partition coefficient (Wildman–Crippen LogP) is 3.74. The quantitative estimate of drug-likeness (QED) is 0.693. The second-order valence-electron chi connectivity index (χ2n) is 5.81. The zero-order valence-corrected chi connectivity index (χ0v) is 14.8. The van der Waals surface area contributed by atoms with Crippen LogP contribution in [-0.2, 0) is 12.6 Å². The number of alkyl halides is 3. The molecule has 3 aromatic rings. The number of carbonyl (C=O) groups excluding carboxylic acids is 1. The van der Waals surface area contributed by atoms with E-state index < -0.39 is 17.6 Å². The number of nitrogens with one attached hydrogen (secondary N) is 1. The molecule has 28 heavy (non-hydrogen) atoms. The van der Waals surface area contributed by atoms with Gasteiger partial charge >= 0.3 is 6.18 Å². The summed E-state index contributed by atoms with van der Waals surface area (Å²) in [7, 11) is 1.57. The molecule has 0 bridgehead atoms. The summed E-state index contributed by atoms with van der Waals surface area (Å²) < 4.78 is 48.6. The van der Waals surface area contributed by atoms with Crippen LogP contribution in [0, 0.1) is 0 Å². The fraction of sp³-hybridized carbons (Fsp3) is 0.211. The smallest absolute Gasteiger partial charge is 0.416 e. The van der Waals surface area contributed by atoms with E-state index in [0.717, 1.165) is 17.8 Å². The Kier molecular flexibility index (Phi) is 5.62. The zero-order chi connectivity index (χ0) is 20.1. The van der Waals surface area contributed by atoms with Crippen molar-refractivity contribution in [2.24, 2.45) is 0 Å². The van der Waals surface area contributed by atoms with E-state index >= 15 is 0 Å². The highest BCUT2D eigenvalue weighted by Gasteiger charge is 2.31. The Balaban J connectivity index is 1.57. The highest BCUT2D eigenvalue weighted by atomic mass is 19.4. The van der Waals surface area contributed by atoms with Crippen molar-refractivity contribution in [3.05, 3.63) is 65.8 Å². The molecule has 1 N–H and O–H groups in total. The van der Waals surface area contributed by atoms with Crippen LogP contribution in [0.1, 0.15) is 21.7 Å². The molecule has 0 aliphatic heterocycles. The van der Waals surface area contributed by atoms with Gasteiger partial charge in [0.05, 0.1) is 18.4 Å². The van der Waals surface area contributed by atoms with E-state index in [9.17, 15) is 18.0 Å². The van der Waals surface area contributed by atoms with E-state index in [0.29, 0.717) is 29.8 Å². The molecule has 146 valence electrons. The molecule has 1 amide bonds. The Hall–Kier alpha value is -3.36. The maximum Gasteiger partial charge on any atom is 0.416 e. The Morgan fingerprint density at radius 3 is 2.64 bits per heavy atom. The number of oxazole rings is 1. The number of benzene rings is 1. The lowest BCUT2D eigenvalue weighted by Gasteiger charge is -2.08. The first-order valence-electron chi connectivity index (χ1n) is 8.27. The van der Waals surface area contributed by atoms with Crippen molar-refractivity contribution in [3.63, 3.8) is 0 Å². The van der Waals surface area contributed by atoms with E-state index in [2.05, 4.69) is 15.3 Å². The number of rotatable bonds is 6. The fourth-order valence-electron chi connectivity index (χ4n) is 2.41. The van der Waals surface area contributed by atoms with Crippen LogP contribution in [0.4, 0.5) is 13.2 Å². The first-order chi connectivity index (χ1) is 13.4. The van der Waals surface area contributed by atoms with E-state index in [-0.39, 0.29) is 12.2 Å². The van der Waals surface area contributed by atoms with E-state index in [1.807, 2.05) is 0 Å². The Bertz CT molecular complexity index is 953. The summed E-state index contributed by atoms with van der Waals surface area (Å²) in [5.41, 5.74) is 0.148. The number of amides is 1. The van der Waals surface area contributed by atoms with Gasteiger partial charge < -0.3 is 14.5 Å². The molecular weight excluding hydrogens is 375 g/mol. The van der Waals surface area contributed by atoms with Crippen LogP contribution in [0.2, 0.25) is 0 Å². The van der Waals surface area contributed by atoms with Crippen LogP contribution >= 0.6 is 0 Å². The van der Waals surface area contributed by atoms with Crippen molar-refractivity contribution in [1.82, 2.24) is 15.3 Å². The molecule has 0 aliphatic carbocycles. The first kappa shape index (κ1) is 19.4. The molecule has 9 heteroatoms. The van der Waals surface area contributed by atoms with Crippen LogP contribution in [0.25, 0.3) is 11.5 Å². The lowest BCUT2D eigenvalue weighted by molar-refractivity contribution is -0.137. The van der Waals surface area contributed by atoms with Gasteiger partial charge in [-0.3, -0.25) is 9.78 Å². The summed E-state index contributed by atoms with van der Waals surface area (Å²) >= 11 is 0. The predicted molar refractivity (Wildman–Crippen MR) is 93.8 cm³/mol. The topological polar surface area (TPSA) is 77.2 Å². The molecule has 0 radical (unpaired) electrons. The molecule has 0 fully saturated rings. The van der Waals surface area contributed by atoms with Gasteiger partial charge in [0.1, 0.15) is 17.7 Å². The normalized spacial score (nSPS) is 11.3. The van der Waals surface area contributed by atoms with Crippen LogP contribution in [-0.4, -0.2) is 29.5 Å². The first-order valence-corrected chi connectivity index (χ1v) is 8.27. The summed E-state index contributed by atoms with van der Waals surface area (Å²) in [4.78, 5) is 20.0. The van der Waals surface area contributed by atoms with Gasteiger partial charge in [-0.15, -0.1) is 0 Å². The zero-order valence-electron chi connectivity index (χ0n) is 14.8. The van der Waals surface area contributed by atoms with Crippen LogP contribution < -0.4 is 10.1 Å². The summed E-state index contributed by atoms with van der Waals surface area (Å²) in [6.45, 7) is 0.172. The van der Waals surface area contributed by atoms with Gasteiger partial charge in [0, 0.05) is 24.7 Å². The summed E-state index contributed by atoms with van der Waals surface area (Å²) in [6, 6.07) is 8.69. The second kappa shape index (κ2) is 8.12. The van der Waals surface area contributed by atoms with Crippen molar-refractivity contribution in [1.29, 1.82) is 0 Å². The van der Waals surface area contributed by atoms with Crippen LogP contribution in [0.5, 0.6) is 5.75 Å². The number of hydrogen-bond acceptors (Lipinski definition) is 5. The highest BCUT2D eigenvalue weighted by molar-refractivity contribution is 5.92. The number of methoxy groups -OCH3 is 1. The average Bonchev–Trinajstić information content (AvgIpc) is 3.16. The number of halogens is 3. The number of aromatic nitrogens is 2. The molecule has 0 aliphatic rings. The molecule has 0 atom stereocenters. The Morgan fingerprint density at radius 1 is 1.21 bits per heavy atom. The van der Waals surface area contributed by atoms with Gasteiger partial charge in [0.25, 0.3) is 5.91 Å².